The molecule has 21 heavy (non-hydrogen) atoms. The summed E-state index contributed by atoms with van der Waals surface area (Å²) in [7, 11) is 0. The van der Waals surface area contributed by atoms with Crippen molar-refractivity contribution in [3.63, 3.8) is 0 Å². The van der Waals surface area contributed by atoms with Crippen LogP contribution in [0.25, 0.3) is 0 Å². The number of amides is 1. The van der Waals surface area contributed by atoms with Crippen LogP contribution in [0.4, 0.5) is 0 Å². The Balaban J connectivity index is 1.84. The normalized spacial score (nSPS) is 31.7. The summed E-state index contributed by atoms with van der Waals surface area (Å²) < 4.78 is 0. The maximum absolute atomic E-state index is 11.4. The number of rotatable bonds is 3. The summed E-state index contributed by atoms with van der Waals surface area (Å²) in [5, 5.41) is 19.7. The van der Waals surface area contributed by atoms with E-state index in [1.165, 1.54) is 0 Å². The van der Waals surface area contributed by atoms with Crippen molar-refractivity contribution in [2.75, 3.05) is 32.7 Å². The van der Waals surface area contributed by atoms with Gasteiger partial charge in [-0.05, 0) is 32.1 Å². The molecule has 0 bridgehead atoms. The first-order valence-corrected chi connectivity index (χ1v) is 7.83. The van der Waals surface area contributed by atoms with Gasteiger partial charge in [-0.3, -0.25) is 14.5 Å². The molecular weight excluding hydrogens is 272 g/mol. The molecule has 1 saturated carbocycles. The number of carboxylic acid groups (broad SMARTS) is 1. The van der Waals surface area contributed by atoms with E-state index in [0.29, 0.717) is 38.8 Å². The van der Waals surface area contributed by atoms with E-state index in [1.54, 1.807) is 6.92 Å². The summed E-state index contributed by atoms with van der Waals surface area (Å²) in [6.45, 7) is 5.34. The van der Waals surface area contributed by atoms with Gasteiger partial charge in [0.1, 0.15) is 0 Å². The summed E-state index contributed by atoms with van der Waals surface area (Å²) in [5.74, 6) is -0.941. The largest absolute Gasteiger partial charge is 0.481 e. The van der Waals surface area contributed by atoms with Crippen LogP contribution in [0.2, 0.25) is 0 Å². The highest BCUT2D eigenvalue weighted by atomic mass is 16.4. The van der Waals surface area contributed by atoms with Crippen molar-refractivity contribution in [1.29, 1.82) is 0 Å². The number of nitrogens with zero attached hydrogens (tertiary/aromatic N) is 2. The predicted molar refractivity (Wildman–Crippen MR) is 77.9 cm³/mol. The lowest BCUT2D eigenvalue weighted by Crippen LogP contribution is -2.47. The molecule has 0 aromatic rings. The fraction of sp³-hybridized carbons (Fsp3) is 0.867. The summed E-state index contributed by atoms with van der Waals surface area (Å²) >= 11 is 0. The molecule has 6 heteroatoms. The standard InChI is InChI=1S/C15H26N2O4/c1-12(18)17-8-2-7-16(9-10-17)11-15(21)5-3-13(4-6-15)14(19)20/h13,21H,2-11H2,1H3,(H,19,20). The molecule has 1 amide bonds. The van der Waals surface area contributed by atoms with Gasteiger partial charge >= 0.3 is 5.97 Å². The minimum atomic E-state index is -0.767. The van der Waals surface area contributed by atoms with Crippen molar-refractivity contribution in [2.45, 2.75) is 44.6 Å². The Labute approximate surface area is 125 Å². The highest BCUT2D eigenvalue weighted by Gasteiger charge is 2.37. The van der Waals surface area contributed by atoms with E-state index in [0.717, 1.165) is 26.1 Å². The third-order valence-electron chi connectivity index (χ3n) is 4.82. The minimum Gasteiger partial charge on any atom is -0.481 e. The molecule has 1 saturated heterocycles. The van der Waals surface area contributed by atoms with E-state index >= 15 is 0 Å². The van der Waals surface area contributed by atoms with Gasteiger partial charge in [0.15, 0.2) is 0 Å². The van der Waals surface area contributed by atoms with Crippen LogP contribution in [0, 0.1) is 5.92 Å². The van der Waals surface area contributed by atoms with Crippen LogP contribution in [-0.2, 0) is 9.59 Å². The number of carbonyl (C=O) groups excluding carboxylic acids is 1. The Morgan fingerprint density at radius 1 is 1.14 bits per heavy atom. The van der Waals surface area contributed by atoms with Crippen molar-refractivity contribution in [2.24, 2.45) is 5.92 Å². The molecule has 6 nitrogen and oxygen atoms in total. The van der Waals surface area contributed by atoms with Gasteiger partial charge in [-0.25, -0.2) is 0 Å². The van der Waals surface area contributed by atoms with Crippen LogP contribution in [0.1, 0.15) is 39.0 Å². The lowest BCUT2D eigenvalue weighted by Gasteiger charge is -2.38. The highest BCUT2D eigenvalue weighted by molar-refractivity contribution is 5.73. The van der Waals surface area contributed by atoms with Crippen LogP contribution >= 0.6 is 0 Å². The molecule has 1 aliphatic heterocycles. The van der Waals surface area contributed by atoms with Gasteiger partial charge in [0.2, 0.25) is 5.91 Å². The summed E-state index contributed by atoms with van der Waals surface area (Å²) in [6.07, 6.45) is 3.14. The third kappa shape index (κ3) is 4.41. The summed E-state index contributed by atoms with van der Waals surface area (Å²) in [6, 6.07) is 0. The molecule has 0 aromatic heterocycles. The van der Waals surface area contributed by atoms with E-state index in [9.17, 15) is 14.7 Å². The fourth-order valence-electron chi connectivity index (χ4n) is 3.42. The maximum atomic E-state index is 11.4. The van der Waals surface area contributed by atoms with Crippen LogP contribution in [0.3, 0.4) is 0 Å². The first-order valence-electron chi connectivity index (χ1n) is 7.83. The van der Waals surface area contributed by atoms with E-state index in [4.69, 9.17) is 5.11 Å². The van der Waals surface area contributed by atoms with Crippen molar-refractivity contribution >= 4 is 11.9 Å². The second kappa shape index (κ2) is 6.75. The second-order valence-electron chi connectivity index (χ2n) is 6.47. The summed E-state index contributed by atoms with van der Waals surface area (Å²) in [4.78, 5) is 26.4. The number of hydrogen-bond acceptors (Lipinski definition) is 4. The van der Waals surface area contributed by atoms with E-state index in [-0.39, 0.29) is 11.8 Å². The van der Waals surface area contributed by atoms with Gasteiger partial charge in [0.25, 0.3) is 0 Å². The van der Waals surface area contributed by atoms with Crippen LogP contribution in [-0.4, -0.2) is 70.2 Å². The molecule has 1 aliphatic carbocycles. The molecule has 0 unspecified atom stereocenters. The predicted octanol–water partition coefficient (Wildman–Crippen LogP) is 0.547. The molecule has 2 fully saturated rings. The zero-order chi connectivity index (χ0) is 15.5. The van der Waals surface area contributed by atoms with Gasteiger partial charge < -0.3 is 15.1 Å². The number of hydrogen-bond donors (Lipinski definition) is 2. The number of β-amino-alcohol motifs (C(OH)–C–C–N with tert-alkyl or cyclic N) is 1. The van der Waals surface area contributed by atoms with Gasteiger partial charge in [-0.1, -0.05) is 0 Å². The lowest BCUT2D eigenvalue weighted by atomic mass is 9.78. The zero-order valence-corrected chi connectivity index (χ0v) is 12.8. The summed E-state index contributed by atoms with van der Waals surface area (Å²) in [5.41, 5.74) is -0.767. The number of carbonyl (C=O) groups is 2. The average Bonchev–Trinajstić information content (AvgIpc) is 2.64. The Hall–Kier alpha value is -1.14. The Morgan fingerprint density at radius 2 is 1.81 bits per heavy atom. The van der Waals surface area contributed by atoms with Gasteiger partial charge in [0.05, 0.1) is 11.5 Å². The minimum absolute atomic E-state index is 0.109. The maximum Gasteiger partial charge on any atom is 0.306 e. The molecule has 0 aromatic carbocycles. The molecule has 2 aliphatic rings. The Bertz CT molecular complexity index is 391. The molecule has 2 N–H and O–H groups in total. The molecule has 120 valence electrons. The molecule has 0 spiro atoms. The van der Waals surface area contributed by atoms with Crippen molar-refractivity contribution in [1.82, 2.24) is 9.80 Å². The first kappa shape index (κ1) is 16.2. The molecule has 1 heterocycles. The molecule has 2 rings (SSSR count). The van der Waals surface area contributed by atoms with Crippen LogP contribution < -0.4 is 0 Å². The molecule has 0 radical (unpaired) electrons. The molecule has 0 atom stereocenters. The first-order chi connectivity index (χ1) is 9.89. The Morgan fingerprint density at radius 3 is 2.38 bits per heavy atom. The van der Waals surface area contributed by atoms with Crippen molar-refractivity contribution in [3.8, 4) is 0 Å². The Kier molecular flexibility index (Phi) is 5.22. The van der Waals surface area contributed by atoms with E-state index in [1.807, 2.05) is 4.90 Å². The SMILES string of the molecule is CC(=O)N1CCCN(CC2(O)CCC(C(=O)O)CC2)CC1. The number of aliphatic hydroxyl groups is 1. The fourth-order valence-corrected chi connectivity index (χ4v) is 3.42. The smallest absolute Gasteiger partial charge is 0.306 e. The van der Waals surface area contributed by atoms with Crippen molar-refractivity contribution in [3.05, 3.63) is 0 Å². The van der Waals surface area contributed by atoms with Gasteiger partial charge in [-0.2, -0.15) is 0 Å². The van der Waals surface area contributed by atoms with Gasteiger partial charge in [-0.15, -0.1) is 0 Å². The number of carboxylic acids is 1. The zero-order valence-electron chi connectivity index (χ0n) is 12.8. The second-order valence-corrected chi connectivity index (χ2v) is 6.47. The van der Waals surface area contributed by atoms with Crippen LogP contribution in [0.5, 0.6) is 0 Å². The lowest BCUT2D eigenvalue weighted by molar-refractivity contribution is -0.145. The van der Waals surface area contributed by atoms with Gasteiger partial charge in [0, 0.05) is 39.6 Å². The van der Waals surface area contributed by atoms with E-state index in [2.05, 4.69) is 4.90 Å². The van der Waals surface area contributed by atoms with E-state index < -0.39 is 11.6 Å². The number of aliphatic carboxylic acids is 1. The molecular formula is C15H26N2O4. The van der Waals surface area contributed by atoms with Crippen LogP contribution in [0.15, 0.2) is 0 Å². The highest BCUT2D eigenvalue weighted by Crippen LogP contribution is 2.33. The third-order valence-corrected chi connectivity index (χ3v) is 4.82. The quantitative estimate of drug-likeness (QED) is 0.795. The monoisotopic (exact) mass is 298 g/mol. The average molecular weight is 298 g/mol. The topological polar surface area (TPSA) is 81.1 Å². The van der Waals surface area contributed by atoms with Crippen molar-refractivity contribution < 1.29 is 19.8 Å².